The van der Waals surface area contributed by atoms with Crippen molar-refractivity contribution in [2.45, 2.75) is 39.2 Å². The van der Waals surface area contributed by atoms with E-state index in [4.69, 9.17) is 0 Å². The normalized spacial score (nSPS) is 17.2. The first-order valence-corrected chi connectivity index (χ1v) is 9.72. The van der Waals surface area contributed by atoms with Crippen molar-refractivity contribution >= 4 is 17.1 Å². The summed E-state index contributed by atoms with van der Waals surface area (Å²) in [5.41, 5.74) is 1.69. The predicted molar refractivity (Wildman–Crippen MR) is 105 cm³/mol. The lowest BCUT2D eigenvalue weighted by molar-refractivity contribution is -0.133. The Kier molecular flexibility index (Phi) is 5.18. The molecule has 3 aromatic rings. The van der Waals surface area contributed by atoms with Crippen molar-refractivity contribution in [3.63, 3.8) is 0 Å². The highest BCUT2D eigenvalue weighted by Gasteiger charge is 2.25. The molecule has 28 heavy (non-hydrogen) atoms. The van der Waals surface area contributed by atoms with Gasteiger partial charge in [-0.1, -0.05) is 35.5 Å². The maximum Gasteiger partial charge on any atom is 0.281 e. The number of aryl methyl sites for hydroxylation is 2. The molecule has 146 valence electrons. The van der Waals surface area contributed by atoms with Gasteiger partial charge < -0.3 is 9.88 Å². The SMILES string of the molecule is Cc1nc2c(nnn2C[C@H]2CCCN(C(=O)CCc3ccccc3)C2)c(=O)[nH]1. The average molecular weight is 380 g/mol. The Hall–Kier alpha value is -3.03. The highest BCUT2D eigenvalue weighted by Crippen LogP contribution is 2.20. The molecular formula is C20H24N6O2. The first-order chi connectivity index (χ1) is 13.6. The maximum absolute atomic E-state index is 12.7. The van der Waals surface area contributed by atoms with Gasteiger partial charge in [-0.25, -0.2) is 9.67 Å². The monoisotopic (exact) mass is 380 g/mol. The molecule has 1 aliphatic heterocycles. The Morgan fingerprint density at radius 3 is 2.93 bits per heavy atom. The summed E-state index contributed by atoms with van der Waals surface area (Å²) >= 11 is 0. The number of H-pyrrole nitrogens is 1. The average Bonchev–Trinajstić information content (AvgIpc) is 3.10. The molecule has 4 rings (SSSR count). The summed E-state index contributed by atoms with van der Waals surface area (Å²) in [7, 11) is 0. The van der Waals surface area contributed by atoms with Crippen LogP contribution in [-0.4, -0.2) is 48.9 Å². The molecule has 8 heteroatoms. The van der Waals surface area contributed by atoms with E-state index in [2.05, 4.69) is 32.4 Å². The van der Waals surface area contributed by atoms with Crippen molar-refractivity contribution in [1.82, 2.24) is 29.9 Å². The van der Waals surface area contributed by atoms with Gasteiger partial charge in [0.2, 0.25) is 5.91 Å². The van der Waals surface area contributed by atoms with Gasteiger partial charge >= 0.3 is 0 Å². The van der Waals surface area contributed by atoms with Crippen LogP contribution >= 0.6 is 0 Å². The first-order valence-electron chi connectivity index (χ1n) is 9.72. The lowest BCUT2D eigenvalue weighted by atomic mass is 9.97. The van der Waals surface area contributed by atoms with Gasteiger partial charge in [0.1, 0.15) is 5.82 Å². The third-order valence-electron chi connectivity index (χ3n) is 5.27. The van der Waals surface area contributed by atoms with E-state index >= 15 is 0 Å². The van der Waals surface area contributed by atoms with E-state index in [9.17, 15) is 9.59 Å². The van der Waals surface area contributed by atoms with Crippen molar-refractivity contribution in [1.29, 1.82) is 0 Å². The van der Waals surface area contributed by atoms with Crippen LogP contribution in [0.4, 0.5) is 0 Å². The number of rotatable bonds is 5. The van der Waals surface area contributed by atoms with Crippen LogP contribution in [0.5, 0.6) is 0 Å². The van der Waals surface area contributed by atoms with Gasteiger partial charge in [-0.2, -0.15) is 0 Å². The molecule has 1 amide bonds. The summed E-state index contributed by atoms with van der Waals surface area (Å²) in [6.07, 6.45) is 3.28. The fourth-order valence-corrected chi connectivity index (χ4v) is 3.84. The van der Waals surface area contributed by atoms with Crippen molar-refractivity contribution in [3.05, 3.63) is 52.1 Å². The minimum absolute atomic E-state index is 0.197. The summed E-state index contributed by atoms with van der Waals surface area (Å²) < 4.78 is 1.69. The van der Waals surface area contributed by atoms with Crippen LogP contribution in [0.25, 0.3) is 11.2 Å². The molecule has 1 N–H and O–H groups in total. The largest absolute Gasteiger partial charge is 0.342 e. The molecule has 1 saturated heterocycles. The second kappa shape index (κ2) is 7.92. The molecule has 1 aliphatic rings. The molecule has 1 fully saturated rings. The topological polar surface area (TPSA) is 96.8 Å². The van der Waals surface area contributed by atoms with E-state index in [0.29, 0.717) is 31.0 Å². The second-order valence-corrected chi connectivity index (χ2v) is 7.43. The minimum atomic E-state index is -0.268. The van der Waals surface area contributed by atoms with E-state index in [-0.39, 0.29) is 22.9 Å². The molecule has 0 aliphatic carbocycles. The number of nitrogens with zero attached hydrogens (tertiary/aromatic N) is 5. The van der Waals surface area contributed by atoms with Gasteiger partial charge in [0.05, 0.1) is 0 Å². The summed E-state index contributed by atoms with van der Waals surface area (Å²) in [5, 5.41) is 8.09. The van der Waals surface area contributed by atoms with Gasteiger partial charge in [0, 0.05) is 26.1 Å². The Labute approximate surface area is 162 Å². The number of benzene rings is 1. The lowest BCUT2D eigenvalue weighted by Gasteiger charge is -2.32. The van der Waals surface area contributed by atoms with Crippen molar-refractivity contribution in [2.75, 3.05) is 13.1 Å². The van der Waals surface area contributed by atoms with Crippen molar-refractivity contribution < 1.29 is 4.79 Å². The van der Waals surface area contributed by atoms with Crippen LogP contribution in [0, 0.1) is 12.8 Å². The zero-order valence-electron chi connectivity index (χ0n) is 16.0. The number of amides is 1. The number of likely N-dealkylation sites (tertiary alicyclic amines) is 1. The molecule has 0 unspecified atom stereocenters. The number of carbonyl (C=O) groups is 1. The molecular weight excluding hydrogens is 356 g/mol. The van der Waals surface area contributed by atoms with Gasteiger partial charge in [0.25, 0.3) is 5.56 Å². The number of fused-ring (bicyclic) bond motifs is 1. The van der Waals surface area contributed by atoms with E-state index in [1.54, 1.807) is 11.6 Å². The van der Waals surface area contributed by atoms with Crippen LogP contribution in [0.2, 0.25) is 0 Å². The molecule has 2 aromatic heterocycles. The lowest BCUT2D eigenvalue weighted by Crippen LogP contribution is -2.41. The van der Waals surface area contributed by atoms with Crippen LogP contribution in [0.3, 0.4) is 0 Å². The van der Waals surface area contributed by atoms with Crippen LogP contribution < -0.4 is 5.56 Å². The number of piperidine rings is 1. The highest BCUT2D eigenvalue weighted by molar-refractivity contribution is 5.76. The summed E-state index contributed by atoms with van der Waals surface area (Å²) in [6.45, 7) is 3.86. The molecule has 0 radical (unpaired) electrons. The number of nitrogens with one attached hydrogen (secondary N) is 1. The number of hydrogen-bond acceptors (Lipinski definition) is 5. The Morgan fingerprint density at radius 2 is 2.11 bits per heavy atom. The fourth-order valence-electron chi connectivity index (χ4n) is 3.84. The molecule has 0 saturated carbocycles. The van der Waals surface area contributed by atoms with E-state index in [1.807, 2.05) is 23.1 Å². The van der Waals surface area contributed by atoms with Crippen molar-refractivity contribution in [3.8, 4) is 0 Å². The number of aromatic nitrogens is 5. The third-order valence-corrected chi connectivity index (χ3v) is 5.27. The number of hydrogen-bond donors (Lipinski definition) is 1. The zero-order valence-corrected chi connectivity index (χ0v) is 16.0. The molecule has 3 heterocycles. The highest BCUT2D eigenvalue weighted by atomic mass is 16.2. The molecule has 1 atom stereocenters. The van der Waals surface area contributed by atoms with E-state index in [0.717, 1.165) is 25.8 Å². The molecule has 0 spiro atoms. The van der Waals surface area contributed by atoms with E-state index < -0.39 is 0 Å². The van der Waals surface area contributed by atoms with E-state index in [1.165, 1.54) is 5.56 Å². The first kappa shape index (κ1) is 18.3. The Balaban J connectivity index is 1.40. The van der Waals surface area contributed by atoms with Crippen molar-refractivity contribution in [2.24, 2.45) is 5.92 Å². The molecule has 8 nitrogen and oxygen atoms in total. The molecule has 1 aromatic carbocycles. The van der Waals surface area contributed by atoms with Crippen LogP contribution in [-0.2, 0) is 17.8 Å². The smallest absolute Gasteiger partial charge is 0.281 e. The number of carbonyl (C=O) groups excluding carboxylic acids is 1. The fraction of sp³-hybridized carbons (Fsp3) is 0.450. The third kappa shape index (κ3) is 3.95. The predicted octanol–water partition coefficient (Wildman–Crippen LogP) is 1.69. The van der Waals surface area contributed by atoms with Crippen LogP contribution in [0.1, 0.15) is 30.7 Å². The van der Waals surface area contributed by atoms with Gasteiger partial charge in [-0.3, -0.25) is 9.59 Å². The van der Waals surface area contributed by atoms with Gasteiger partial charge in [0.15, 0.2) is 11.2 Å². The number of aromatic amines is 1. The van der Waals surface area contributed by atoms with Gasteiger partial charge in [-0.05, 0) is 37.7 Å². The minimum Gasteiger partial charge on any atom is -0.342 e. The standard InChI is InChI=1S/C20H24N6O2/c1-14-21-19-18(20(28)22-14)23-24-26(19)13-16-8-5-11-25(12-16)17(27)10-9-15-6-3-2-4-7-15/h2-4,6-7,16H,5,8-13H2,1H3,(H,21,22,28)/t16-/m0/s1. The van der Waals surface area contributed by atoms with Gasteiger partial charge in [-0.15, -0.1) is 5.10 Å². The zero-order chi connectivity index (χ0) is 19.5. The Morgan fingerprint density at radius 1 is 1.29 bits per heavy atom. The second-order valence-electron chi connectivity index (χ2n) is 7.43. The van der Waals surface area contributed by atoms with Crippen LogP contribution in [0.15, 0.2) is 35.1 Å². The maximum atomic E-state index is 12.7. The summed E-state index contributed by atoms with van der Waals surface area (Å²) in [4.78, 5) is 33.6. The molecule has 0 bridgehead atoms. The summed E-state index contributed by atoms with van der Waals surface area (Å²) in [5.74, 6) is 1.02. The summed E-state index contributed by atoms with van der Waals surface area (Å²) in [6, 6.07) is 10.1. The quantitative estimate of drug-likeness (QED) is 0.727. The Bertz CT molecular complexity index is 1030.